The van der Waals surface area contributed by atoms with Gasteiger partial charge in [-0.15, -0.1) is 29.9 Å². The number of hydrogen-bond acceptors (Lipinski definition) is 5. The van der Waals surface area contributed by atoms with Gasteiger partial charge in [-0.1, -0.05) is 18.1 Å². The summed E-state index contributed by atoms with van der Waals surface area (Å²) >= 11 is 0. The molecule has 154 valence electrons. The van der Waals surface area contributed by atoms with E-state index in [0.717, 1.165) is 63.8 Å². The molecule has 0 unspecified atom stereocenters. The Labute approximate surface area is 174 Å². The Morgan fingerprint density at radius 3 is 2.22 bits per heavy atom. The van der Waals surface area contributed by atoms with Gasteiger partial charge < -0.3 is 10.2 Å². The molecule has 1 aromatic heterocycles. The summed E-state index contributed by atoms with van der Waals surface area (Å²) in [6.45, 7) is 7.64. The smallest absolute Gasteiger partial charge is 0.276 e. The van der Waals surface area contributed by atoms with Crippen LogP contribution in [0.1, 0.15) is 60.7 Å². The second kappa shape index (κ2) is 10.0. The minimum atomic E-state index is 0. The number of piperazine rings is 1. The van der Waals surface area contributed by atoms with E-state index in [0.29, 0.717) is 11.7 Å². The Morgan fingerprint density at radius 1 is 0.963 bits per heavy atom. The van der Waals surface area contributed by atoms with E-state index in [1.165, 1.54) is 25.7 Å². The summed E-state index contributed by atoms with van der Waals surface area (Å²) in [4.78, 5) is 17.5. The summed E-state index contributed by atoms with van der Waals surface area (Å²) in [5.74, 6) is 0.0590. The molecule has 0 radical (unpaired) electrons. The average molecular weight is 419 g/mol. The summed E-state index contributed by atoms with van der Waals surface area (Å²) in [5, 5.41) is 11.9. The van der Waals surface area contributed by atoms with Gasteiger partial charge in [0, 0.05) is 32.2 Å². The number of halogens is 2. The quantitative estimate of drug-likeness (QED) is 0.813. The van der Waals surface area contributed by atoms with Crippen molar-refractivity contribution in [3.63, 3.8) is 0 Å². The van der Waals surface area contributed by atoms with Crippen LogP contribution in [0.2, 0.25) is 0 Å². The predicted octanol–water partition coefficient (Wildman–Crippen LogP) is 2.06. The molecule has 4 rings (SSSR count). The highest BCUT2D eigenvalue weighted by atomic mass is 35.5. The van der Waals surface area contributed by atoms with E-state index in [-0.39, 0.29) is 30.7 Å². The van der Waals surface area contributed by atoms with Crippen LogP contribution >= 0.6 is 24.8 Å². The van der Waals surface area contributed by atoms with Crippen LogP contribution in [-0.2, 0) is 0 Å². The van der Waals surface area contributed by atoms with Gasteiger partial charge in [-0.05, 0) is 45.7 Å². The fourth-order valence-electron chi connectivity index (χ4n) is 4.65. The van der Waals surface area contributed by atoms with Crippen molar-refractivity contribution in [2.24, 2.45) is 0 Å². The minimum Gasteiger partial charge on any atom is -0.335 e. The number of rotatable bonds is 3. The van der Waals surface area contributed by atoms with Gasteiger partial charge in [0.2, 0.25) is 0 Å². The van der Waals surface area contributed by atoms with Crippen molar-refractivity contribution in [1.29, 1.82) is 0 Å². The van der Waals surface area contributed by atoms with Crippen molar-refractivity contribution in [3.8, 4) is 0 Å². The Morgan fingerprint density at radius 2 is 1.59 bits per heavy atom. The first-order valence-electron chi connectivity index (χ1n) is 9.90. The fourth-order valence-corrected chi connectivity index (χ4v) is 4.65. The number of carbonyl (C=O) groups excluding carboxylic acids is 1. The molecule has 1 aliphatic carbocycles. The number of hydrogen-bond donors (Lipinski definition) is 1. The molecule has 3 fully saturated rings. The maximum absolute atomic E-state index is 12.9. The van der Waals surface area contributed by atoms with E-state index in [1.807, 2.05) is 16.5 Å². The monoisotopic (exact) mass is 418 g/mol. The second-order valence-electron chi connectivity index (χ2n) is 7.72. The molecule has 1 amide bonds. The van der Waals surface area contributed by atoms with Crippen molar-refractivity contribution in [2.45, 2.75) is 57.5 Å². The van der Waals surface area contributed by atoms with E-state index in [9.17, 15) is 4.79 Å². The largest absolute Gasteiger partial charge is 0.335 e. The van der Waals surface area contributed by atoms with E-state index in [2.05, 4.69) is 20.5 Å². The zero-order valence-corrected chi connectivity index (χ0v) is 17.7. The molecule has 1 aromatic rings. The van der Waals surface area contributed by atoms with Gasteiger partial charge in [0.25, 0.3) is 5.91 Å². The average Bonchev–Trinajstić information content (AvgIpc) is 3.32. The fraction of sp³-hybridized carbons (Fsp3) is 0.833. The summed E-state index contributed by atoms with van der Waals surface area (Å²) in [6, 6.07) is 1.12. The molecule has 7 nitrogen and oxygen atoms in total. The molecule has 0 atom stereocenters. The van der Waals surface area contributed by atoms with E-state index < -0.39 is 0 Å². The van der Waals surface area contributed by atoms with Gasteiger partial charge in [-0.3, -0.25) is 9.69 Å². The molecule has 3 heterocycles. The van der Waals surface area contributed by atoms with E-state index in [1.54, 1.807) is 0 Å². The molecule has 3 aliphatic rings. The zero-order valence-electron chi connectivity index (χ0n) is 16.1. The Balaban J connectivity index is 0.00000131. The van der Waals surface area contributed by atoms with Gasteiger partial charge in [0.15, 0.2) is 5.69 Å². The predicted molar refractivity (Wildman–Crippen MR) is 110 cm³/mol. The molecule has 27 heavy (non-hydrogen) atoms. The van der Waals surface area contributed by atoms with Gasteiger partial charge in [-0.25, -0.2) is 4.68 Å². The van der Waals surface area contributed by atoms with Crippen LogP contribution in [0.4, 0.5) is 0 Å². The van der Waals surface area contributed by atoms with Crippen LogP contribution in [0, 0.1) is 6.92 Å². The molecular formula is C18H32Cl2N6O. The molecule has 1 N–H and O–H groups in total. The maximum Gasteiger partial charge on any atom is 0.276 e. The number of carbonyl (C=O) groups is 1. The molecule has 0 spiro atoms. The molecular weight excluding hydrogens is 387 g/mol. The standard InChI is InChI=1S/C18H30N6O.2ClH/c1-14-17(20-21-24(14)16-6-8-19-9-7-16)18(25)23-12-10-22(11-13-23)15-4-2-3-5-15;;/h15-16,19H,2-13H2,1H3;2*1H. The lowest BCUT2D eigenvalue weighted by Crippen LogP contribution is -2.51. The number of aromatic nitrogens is 3. The highest BCUT2D eigenvalue weighted by Crippen LogP contribution is 2.25. The van der Waals surface area contributed by atoms with E-state index in [4.69, 9.17) is 0 Å². The first kappa shape index (κ1) is 22.4. The van der Waals surface area contributed by atoms with Crippen LogP contribution in [0.5, 0.6) is 0 Å². The van der Waals surface area contributed by atoms with Crippen LogP contribution in [-0.4, -0.2) is 76.0 Å². The number of nitrogens with one attached hydrogen (secondary N) is 1. The molecule has 0 aromatic carbocycles. The summed E-state index contributed by atoms with van der Waals surface area (Å²) in [5.41, 5.74) is 1.47. The minimum absolute atomic E-state index is 0. The van der Waals surface area contributed by atoms with Gasteiger partial charge >= 0.3 is 0 Å². The lowest BCUT2D eigenvalue weighted by Gasteiger charge is -2.37. The Kier molecular flexibility index (Phi) is 8.34. The van der Waals surface area contributed by atoms with Crippen LogP contribution < -0.4 is 5.32 Å². The third kappa shape index (κ3) is 4.75. The Hall–Kier alpha value is -0.890. The molecule has 2 saturated heterocycles. The summed E-state index contributed by atoms with van der Waals surface area (Å²) in [6.07, 6.45) is 7.50. The second-order valence-corrected chi connectivity index (χ2v) is 7.72. The molecule has 2 aliphatic heterocycles. The summed E-state index contributed by atoms with van der Waals surface area (Å²) in [7, 11) is 0. The van der Waals surface area contributed by atoms with Crippen molar-refractivity contribution in [3.05, 3.63) is 11.4 Å². The highest BCUT2D eigenvalue weighted by Gasteiger charge is 2.31. The van der Waals surface area contributed by atoms with E-state index >= 15 is 0 Å². The van der Waals surface area contributed by atoms with Crippen molar-refractivity contribution in [2.75, 3.05) is 39.3 Å². The SMILES string of the molecule is Cc1c(C(=O)N2CCN(C3CCCC3)CC2)nnn1C1CCNCC1.Cl.Cl. The van der Waals surface area contributed by atoms with Crippen LogP contribution in [0.25, 0.3) is 0 Å². The topological polar surface area (TPSA) is 66.3 Å². The highest BCUT2D eigenvalue weighted by molar-refractivity contribution is 5.93. The van der Waals surface area contributed by atoms with Crippen molar-refractivity contribution in [1.82, 2.24) is 30.1 Å². The molecule has 1 saturated carbocycles. The van der Waals surface area contributed by atoms with Gasteiger partial charge in [0.1, 0.15) is 0 Å². The van der Waals surface area contributed by atoms with Gasteiger partial charge in [0.05, 0.1) is 11.7 Å². The van der Waals surface area contributed by atoms with Crippen molar-refractivity contribution >= 4 is 30.7 Å². The van der Waals surface area contributed by atoms with Crippen LogP contribution in [0.3, 0.4) is 0 Å². The first-order chi connectivity index (χ1) is 12.2. The number of amides is 1. The Bertz CT molecular complexity index is 605. The van der Waals surface area contributed by atoms with Crippen LogP contribution in [0.15, 0.2) is 0 Å². The summed E-state index contributed by atoms with van der Waals surface area (Å²) < 4.78 is 1.98. The lowest BCUT2D eigenvalue weighted by molar-refractivity contribution is 0.0567. The lowest BCUT2D eigenvalue weighted by atomic mass is 10.1. The normalized spacial score (nSPS) is 22.3. The maximum atomic E-state index is 12.9. The van der Waals surface area contributed by atoms with Gasteiger partial charge in [-0.2, -0.15) is 0 Å². The third-order valence-corrected chi connectivity index (χ3v) is 6.23. The van der Waals surface area contributed by atoms with Crippen molar-refractivity contribution < 1.29 is 4.79 Å². The number of nitrogens with zero attached hydrogens (tertiary/aromatic N) is 5. The third-order valence-electron chi connectivity index (χ3n) is 6.23. The first-order valence-corrected chi connectivity index (χ1v) is 9.90. The zero-order chi connectivity index (χ0) is 17.2. The number of piperidine rings is 1. The molecule has 9 heteroatoms. The molecule has 0 bridgehead atoms.